The molecule has 21 heavy (non-hydrogen) atoms. The van der Waals surface area contributed by atoms with Crippen LogP contribution in [0.5, 0.6) is 0 Å². The second-order valence-corrected chi connectivity index (χ2v) is 4.80. The van der Waals surface area contributed by atoms with Gasteiger partial charge in [-0.1, -0.05) is 11.6 Å². The Bertz CT molecular complexity index is 655. The number of halogens is 4. The largest absolute Gasteiger partial charge is 0.410 e. The van der Waals surface area contributed by atoms with E-state index in [9.17, 15) is 22.8 Å². The van der Waals surface area contributed by atoms with Gasteiger partial charge >= 0.3 is 6.18 Å². The van der Waals surface area contributed by atoms with Crippen molar-refractivity contribution in [2.24, 2.45) is 0 Å². The van der Waals surface area contributed by atoms with Crippen LogP contribution < -0.4 is 10.2 Å². The zero-order valence-corrected chi connectivity index (χ0v) is 11.6. The SMILES string of the molecule is O=C1NC(=S)N(c2ccc(Cl)cc2)C(=O)C1=CC(F)(F)F. The Morgan fingerprint density at radius 2 is 1.76 bits per heavy atom. The molecule has 0 aromatic heterocycles. The molecule has 0 bridgehead atoms. The number of hydrogen-bond acceptors (Lipinski definition) is 3. The third kappa shape index (κ3) is 3.40. The highest BCUT2D eigenvalue weighted by Gasteiger charge is 2.38. The lowest BCUT2D eigenvalue weighted by atomic mass is 10.1. The summed E-state index contributed by atoms with van der Waals surface area (Å²) in [5, 5.41) is 2.12. The maximum absolute atomic E-state index is 12.4. The monoisotopic (exact) mass is 334 g/mol. The summed E-state index contributed by atoms with van der Waals surface area (Å²) in [5.74, 6) is -2.34. The Labute approximate surface area is 127 Å². The van der Waals surface area contributed by atoms with Crippen LogP contribution in [0.1, 0.15) is 0 Å². The standard InChI is InChI=1S/C12H6ClF3N2O2S/c13-6-1-3-7(4-2-6)18-10(20)8(5-12(14,15)16)9(19)17-11(18)21/h1-5H,(H,17,19,21). The molecule has 9 heteroatoms. The molecule has 0 unspecified atom stereocenters. The van der Waals surface area contributed by atoms with E-state index in [2.05, 4.69) is 0 Å². The highest BCUT2D eigenvalue weighted by atomic mass is 35.5. The molecule has 1 aromatic carbocycles. The summed E-state index contributed by atoms with van der Waals surface area (Å²) in [6.07, 6.45) is -5.15. The van der Waals surface area contributed by atoms with E-state index in [-0.39, 0.29) is 16.9 Å². The van der Waals surface area contributed by atoms with E-state index in [1.54, 1.807) is 0 Å². The number of carbonyl (C=O) groups is 2. The molecular weight excluding hydrogens is 329 g/mol. The van der Waals surface area contributed by atoms with Crippen molar-refractivity contribution in [2.45, 2.75) is 6.18 Å². The maximum atomic E-state index is 12.4. The fourth-order valence-corrected chi connectivity index (χ4v) is 2.05. The number of thiocarbonyl (C=S) groups is 1. The van der Waals surface area contributed by atoms with Gasteiger partial charge in [0.2, 0.25) is 0 Å². The van der Waals surface area contributed by atoms with Gasteiger partial charge in [-0.15, -0.1) is 0 Å². The third-order valence-corrected chi connectivity index (χ3v) is 3.03. The molecule has 1 aliphatic heterocycles. The minimum absolute atomic E-state index is 0.197. The van der Waals surface area contributed by atoms with Gasteiger partial charge in [-0.2, -0.15) is 13.2 Å². The van der Waals surface area contributed by atoms with Crippen LogP contribution in [0.2, 0.25) is 5.02 Å². The van der Waals surface area contributed by atoms with Crippen LogP contribution in [-0.4, -0.2) is 23.1 Å². The number of hydrogen-bond donors (Lipinski definition) is 1. The van der Waals surface area contributed by atoms with Gasteiger partial charge in [0.1, 0.15) is 5.57 Å². The van der Waals surface area contributed by atoms with Crippen molar-refractivity contribution < 1.29 is 22.8 Å². The second kappa shape index (κ2) is 5.45. The molecule has 0 saturated carbocycles. The van der Waals surface area contributed by atoms with Crippen LogP contribution in [0.4, 0.5) is 18.9 Å². The fraction of sp³-hybridized carbons (Fsp3) is 0.0833. The van der Waals surface area contributed by atoms with Gasteiger partial charge in [0, 0.05) is 11.1 Å². The molecule has 110 valence electrons. The molecule has 0 spiro atoms. The second-order valence-electron chi connectivity index (χ2n) is 3.98. The van der Waals surface area contributed by atoms with Crippen LogP contribution in [-0.2, 0) is 9.59 Å². The summed E-state index contributed by atoms with van der Waals surface area (Å²) in [6, 6.07) is 5.68. The predicted molar refractivity (Wildman–Crippen MR) is 73.8 cm³/mol. The lowest BCUT2D eigenvalue weighted by molar-refractivity contribution is -0.123. The first kappa shape index (κ1) is 15.5. The van der Waals surface area contributed by atoms with E-state index < -0.39 is 23.6 Å². The van der Waals surface area contributed by atoms with Crippen molar-refractivity contribution in [1.29, 1.82) is 0 Å². The molecule has 1 saturated heterocycles. The zero-order chi connectivity index (χ0) is 15.8. The molecule has 4 nitrogen and oxygen atoms in total. The summed E-state index contributed by atoms with van der Waals surface area (Å²) in [7, 11) is 0. The number of amides is 2. The minimum atomic E-state index is -4.80. The van der Waals surface area contributed by atoms with E-state index >= 15 is 0 Å². The molecule has 0 atom stereocenters. The van der Waals surface area contributed by atoms with E-state index in [1.807, 2.05) is 5.32 Å². The van der Waals surface area contributed by atoms with Gasteiger partial charge in [0.05, 0.1) is 5.69 Å². The number of carbonyl (C=O) groups excluding carboxylic acids is 2. The molecule has 1 aromatic rings. The molecule has 0 aliphatic carbocycles. The van der Waals surface area contributed by atoms with Crippen LogP contribution >= 0.6 is 23.8 Å². The average molecular weight is 335 g/mol. The number of benzene rings is 1. The van der Waals surface area contributed by atoms with Gasteiger partial charge in [-0.05, 0) is 36.5 Å². The van der Waals surface area contributed by atoms with E-state index in [0.29, 0.717) is 5.02 Å². The van der Waals surface area contributed by atoms with Gasteiger partial charge in [0.25, 0.3) is 11.8 Å². The van der Waals surface area contributed by atoms with E-state index in [0.717, 1.165) is 4.90 Å². The lowest BCUT2D eigenvalue weighted by Crippen LogP contribution is -2.54. The summed E-state index contributed by atoms with van der Waals surface area (Å²) in [6.45, 7) is 0. The Morgan fingerprint density at radius 1 is 1.19 bits per heavy atom. The smallest absolute Gasteiger partial charge is 0.298 e. The van der Waals surface area contributed by atoms with Crippen molar-refractivity contribution in [3.63, 3.8) is 0 Å². The number of nitrogens with one attached hydrogen (secondary N) is 1. The van der Waals surface area contributed by atoms with Crippen LogP contribution in [0.25, 0.3) is 0 Å². The first-order valence-corrected chi connectivity index (χ1v) is 6.22. The number of allylic oxidation sites excluding steroid dienone is 1. The first-order chi connectivity index (χ1) is 9.69. The van der Waals surface area contributed by atoms with Gasteiger partial charge < -0.3 is 0 Å². The van der Waals surface area contributed by atoms with Crippen molar-refractivity contribution in [1.82, 2.24) is 5.32 Å². The van der Waals surface area contributed by atoms with E-state index in [1.165, 1.54) is 24.3 Å². The normalized spacial score (nSPS) is 18.2. The molecule has 1 aliphatic rings. The number of nitrogens with zero attached hydrogens (tertiary/aromatic N) is 1. The van der Waals surface area contributed by atoms with Crippen LogP contribution in [0.3, 0.4) is 0 Å². The first-order valence-electron chi connectivity index (χ1n) is 5.44. The average Bonchev–Trinajstić information content (AvgIpc) is 2.35. The topological polar surface area (TPSA) is 49.4 Å². The summed E-state index contributed by atoms with van der Waals surface area (Å²) < 4.78 is 37.2. The van der Waals surface area contributed by atoms with Gasteiger partial charge in [-0.25, -0.2) is 0 Å². The molecule has 0 radical (unpaired) electrons. The lowest BCUT2D eigenvalue weighted by Gasteiger charge is -2.29. The molecule has 1 heterocycles. The summed E-state index contributed by atoms with van der Waals surface area (Å²) in [5.41, 5.74) is -0.839. The van der Waals surface area contributed by atoms with E-state index in [4.69, 9.17) is 23.8 Å². The summed E-state index contributed by atoms with van der Waals surface area (Å²) >= 11 is 10.5. The number of rotatable bonds is 1. The van der Waals surface area contributed by atoms with Crippen LogP contribution in [0, 0.1) is 0 Å². The predicted octanol–water partition coefficient (Wildman–Crippen LogP) is 2.58. The minimum Gasteiger partial charge on any atom is -0.298 e. The van der Waals surface area contributed by atoms with Gasteiger partial charge in [0.15, 0.2) is 5.11 Å². The fourth-order valence-electron chi connectivity index (χ4n) is 1.65. The van der Waals surface area contributed by atoms with Crippen LogP contribution in [0.15, 0.2) is 35.9 Å². The Kier molecular flexibility index (Phi) is 4.02. The van der Waals surface area contributed by atoms with Crippen molar-refractivity contribution in [3.05, 3.63) is 40.9 Å². The number of anilines is 1. The Hall–Kier alpha value is -1.93. The van der Waals surface area contributed by atoms with Crippen molar-refractivity contribution in [2.75, 3.05) is 4.90 Å². The molecule has 1 fully saturated rings. The maximum Gasteiger partial charge on any atom is 0.410 e. The van der Waals surface area contributed by atoms with Crippen molar-refractivity contribution in [3.8, 4) is 0 Å². The van der Waals surface area contributed by atoms with Crippen molar-refractivity contribution >= 4 is 46.4 Å². The number of alkyl halides is 3. The highest BCUT2D eigenvalue weighted by Crippen LogP contribution is 2.25. The summed E-state index contributed by atoms with van der Waals surface area (Å²) in [4.78, 5) is 24.4. The quantitative estimate of drug-likeness (QED) is 0.488. The van der Waals surface area contributed by atoms with Gasteiger partial charge in [-0.3, -0.25) is 19.8 Å². The molecule has 2 amide bonds. The third-order valence-electron chi connectivity index (χ3n) is 2.49. The Balaban J connectivity index is 2.45. The zero-order valence-electron chi connectivity index (χ0n) is 10.1. The molecule has 1 N–H and O–H groups in total. The molecular formula is C12H6ClF3N2O2S. The Morgan fingerprint density at radius 3 is 2.29 bits per heavy atom. The highest BCUT2D eigenvalue weighted by molar-refractivity contribution is 7.80. The molecule has 2 rings (SSSR count).